The number of carbonyl (C=O) groups is 3. The van der Waals surface area contributed by atoms with Crippen LogP contribution in [0.5, 0.6) is 5.88 Å². The first-order valence-electron chi connectivity index (χ1n) is 11.9. The van der Waals surface area contributed by atoms with Gasteiger partial charge in [0, 0.05) is 25.2 Å². The number of aryl methyl sites for hydroxylation is 1. The van der Waals surface area contributed by atoms with E-state index in [0.29, 0.717) is 25.8 Å². The summed E-state index contributed by atoms with van der Waals surface area (Å²) in [6.07, 6.45) is 1.33. The van der Waals surface area contributed by atoms with Crippen molar-refractivity contribution in [3.05, 3.63) is 89.6 Å². The number of pyridine rings is 1. The molecule has 2 N–H and O–H groups in total. The number of carbonyl (C=O) groups excluding carboxylic acids is 3. The van der Waals surface area contributed by atoms with Crippen LogP contribution in [0.15, 0.2) is 77.8 Å². The number of nitrogens with zero attached hydrogens (tertiary/aromatic N) is 1. The van der Waals surface area contributed by atoms with Crippen molar-refractivity contribution in [2.75, 3.05) is 6.54 Å². The van der Waals surface area contributed by atoms with Crippen molar-refractivity contribution in [1.29, 1.82) is 0 Å². The lowest BCUT2D eigenvalue weighted by molar-refractivity contribution is -0.121. The average molecular weight is 540 g/mol. The highest BCUT2D eigenvalue weighted by molar-refractivity contribution is 7.90. The third kappa shape index (κ3) is 9.00. The molecule has 3 aromatic rings. The summed E-state index contributed by atoms with van der Waals surface area (Å²) in [4.78, 5) is 39.7. The average Bonchev–Trinajstić information content (AvgIpc) is 2.88. The quantitative estimate of drug-likeness (QED) is 0.353. The minimum atomic E-state index is -4.14. The molecule has 0 aliphatic rings. The fourth-order valence-electron chi connectivity index (χ4n) is 3.29. The Morgan fingerprint density at radius 1 is 0.895 bits per heavy atom. The second-order valence-corrected chi connectivity index (χ2v) is 10.3. The van der Waals surface area contributed by atoms with Crippen molar-refractivity contribution >= 4 is 28.0 Å². The van der Waals surface area contributed by atoms with Gasteiger partial charge in [0.25, 0.3) is 15.9 Å². The number of hydrogen-bond acceptors (Lipinski definition) is 8. The monoisotopic (exact) mass is 539 g/mol. The fraction of sp³-hybridized carbons (Fsp3) is 0.259. The van der Waals surface area contributed by atoms with Gasteiger partial charge in [-0.25, -0.2) is 22.9 Å². The number of ether oxygens (including phenoxy) is 2. The molecule has 0 bridgehead atoms. The molecule has 0 saturated heterocycles. The van der Waals surface area contributed by atoms with Crippen LogP contribution in [0, 0.1) is 0 Å². The van der Waals surface area contributed by atoms with E-state index in [1.807, 2.05) is 35.1 Å². The van der Waals surface area contributed by atoms with Gasteiger partial charge in [-0.05, 0) is 56.0 Å². The van der Waals surface area contributed by atoms with E-state index < -0.39 is 22.1 Å². The highest BCUT2D eigenvalue weighted by Crippen LogP contribution is 2.13. The molecule has 0 atom stereocenters. The normalized spacial score (nSPS) is 11.0. The fourth-order valence-corrected chi connectivity index (χ4v) is 4.26. The Hall–Kier alpha value is -4.25. The van der Waals surface area contributed by atoms with Gasteiger partial charge in [-0.3, -0.25) is 9.59 Å². The van der Waals surface area contributed by atoms with E-state index in [1.165, 1.54) is 24.3 Å². The molecule has 1 aromatic heterocycles. The molecule has 11 heteroatoms. The highest BCUT2D eigenvalue weighted by Gasteiger charge is 2.19. The highest BCUT2D eigenvalue weighted by atomic mass is 32.2. The molecule has 10 nitrogen and oxygen atoms in total. The molecule has 200 valence electrons. The Morgan fingerprint density at radius 3 is 2.21 bits per heavy atom. The second kappa shape index (κ2) is 13.3. The van der Waals surface area contributed by atoms with Gasteiger partial charge < -0.3 is 14.8 Å². The van der Waals surface area contributed by atoms with Crippen LogP contribution in [-0.2, 0) is 32.4 Å². The van der Waals surface area contributed by atoms with Crippen LogP contribution in [-0.4, -0.2) is 44.0 Å². The summed E-state index contributed by atoms with van der Waals surface area (Å²) in [5, 5.41) is 2.86. The lowest BCUT2D eigenvalue weighted by Crippen LogP contribution is -2.30. The Labute approximate surface area is 221 Å². The van der Waals surface area contributed by atoms with Crippen LogP contribution >= 0.6 is 0 Å². The lowest BCUT2D eigenvalue weighted by atomic mass is 10.1. The molecule has 0 saturated carbocycles. The van der Waals surface area contributed by atoms with E-state index in [0.717, 1.165) is 17.3 Å². The molecule has 3 rings (SSSR count). The predicted molar refractivity (Wildman–Crippen MR) is 139 cm³/mol. The zero-order chi connectivity index (χ0) is 27.5. The van der Waals surface area contributed by atoms with Crippen molar-refractivity contribution in [3.8, 4) is 5.88 Å². The number of rotatable bonds is 11. The number of sulfonamides is 1. The largest absolute Gasteiger partial charge is 0.515 e. The van der Waals surface area contributed by atoms with Gasteiger partial charge in [0.15, 0.2) is 0 Å². The van der Waals surface area contributed by atoms with E-state index in [-0.39, 0.29) is 28.4 Å². The maximum Gasteiger partial charge on any atom is 0.515 e. The minimum absolute atomic E-state index is 0.0437. The van der Waals surface area contributed by atoms with Crippen molar-refractivity contribution in [1.82, 2.24) is 15.0 Å². The zero-order valence-corrected chi connectivity index (χ0v) is 21.9. The van der Waals surface area contributed by atoms with Gasteiger partial charge in [0.1, 0.15) is 0 Å². The molecule has 38 heavy (non-hydrogen) atoms. The Balaban J connectivity index is 1.47. The SMILES string of the molecule is CC(C)OC(=O)Oc1ccc(C(=O)NS(=O)(=O)c2ccc(CCNC(=O)CCc3ccccc3)cc2)cn1. The van der Waals surface area contributed by atoms with Crippen molar-refractivity contribution < 1.29 is 32.3 Å². The summed E-state index contributed by atoms with van der Waals surface area (Å²) in [7, 11) is -4.14. The van der Waals surface area contributed by atoms with Crippen LogP contribution in [0.4, 0.5) is 4.79 Å². The molecule has 2 amide bonds. The molecular formula is C27H29N3O7S. The summed E-state index contributed by atoms with van der Waals surface area (Å²) < 4.78 is 37.0. The Morgan fingerprint density at radius 2 is 1.58 bits per heavy atom. The standard InChI is InChI=1S/C27H29N3O7S/c1-19(2)36-27(33)37-25-15-11-22(18-29-25)26(32)30-38(34,35)23-12-8-21(9-13-23)16-17-28-24(31)14-10-20-6-4-3-5-7-20/h3-9,11-13,15,18-19H,10,14,16-17H2,1-2H3,(H,28,31)(H,30,32). The summed E-state index contributed by atoms with van der Waals surface area (Å²) in [6, 6.07) is 18.3. The van der Waals surface area contributed by atoms with Gasteiger partial charge in [0.05, 0.1) is 16.6 Å². The number of nitrogens with one attached hydrogen (secondary N) is 2. The maximum absolute atomic E-state index is 12.6. The van der Waals surface area contributed by atoms with Gasteiger partial charge in [0.2, 0.25) is 11.8 Å². The van der Waals surface area contributed by atoms with Crippen LogP contribution < -0.4 is 14.8 Å². The molecule has 0 aliphatic carbocycles. The number of hydrogen-bond donors (Lipinski definition) is 2. The summed E-state index contributed by atoms with van der Waals surface area (Å²) >= 11 is 0. The smallest absolute Gasteiger partial charge is 0.431 e. The van der Waals surface area contributed by atoms with E-state index in [2.05, 4.69) is 10.3 Å². The van der Waals surface area contributed by atoms with Crippen LogP contribution in [0.25, 0.3) is 0 Å². The molecule has 0 spiro atoms. The third-order valence-corrected chi connectivity index (χ3v) is 6.55. The second-order valence-electron chi connectivity index (χ2n) is 8.57. The first-order valence-corrected chi connectivity index (χ1v) is 13.4. The Bertz CT molecular complexity index is 1340. The predicted octanol–water partition coefficient (Wildman–Crippen LogP) is 3.42. The van der Waals surface area contributed by atoms with Crippen LogP contribution in [0.1, 0.15) is 41.8 Å². The maximum atomic E-state index is 12.6. The number of aromatic nitrogens is 1. The molecule has 0 fully saturated rings. The van der Waals surface area contributed by atoms with E-state index in [4.69, 9.17) is 9.47 Å². The number of benzene rings is 2. The van der Waals surface area contributed by atoms with E-state index in [1.54, 1.807) is 26.0 Å². The van der Waals surface area contributed by atoms with Crippen molar-refractivity contribution in [2.24, 2.45) is 0 Å². The van der Waals surface area contributed by atoms with E-state index in [9.17, 15) is 22.8 Å². The molecule has 0 aliphatic heterocycles. The van der Waals surface area contributed by atoms with E-state index >= 15 is 0 Å². The number of amides is 2. The van der Waals surface area contributed by atoms with Crippen LogP contribution in [0.2, 0.25) is 0 Å². The van der Waals surface area contributed by atoms with Gasteiger partial charge >= 0.3 is 6.16 Å². The van der Waals surface area contributed by atoms with Gasteiger partial charge in [-0.15, -0.1) is 0 Å². The van der Waals surface area contributed by atoms with Crippen molar-refractivity contribution in [3.63, 3.8) is 0 Å². The topological polar surface area (TPSA) is 141 Å². The zero-order valence-electron chi connectivity index (χ0n) is 21.0. The minimum Gasteiger partial charge on any atom is -0.431 e. The van der Waals surface area contributed by atoms with Gasteiger partial charge in [-0.2, -0.15) is 0 Å². The first kappa shape index (κ1) is 28.3. The van der Waals surface area contributed by atoms with Crippen molar-refractivity contribution in [2.45, 2.75) is 44.1 Å². The molecule has 0 unspecified atom stereocenters. The lowest BCUT2D eigenvalue weighted by Gasteiger charge is -2.09. The summed E-state index contributed by atoms with van der Waals surface area (Å²) in [5.74, 6) is -1.05. The summed E-state index contributed by atoms with van der Waals surface area (Å²) in [5.41, 5.74) is 1.88. The Kier molecular flexibility index (Phi) is 9.94. The molecule has 2 aromatic carbocycles. The first-order chi connectivity index (χ1) is 18.1. The van der Waals surface area contributed by atoms with Gasteiger partial charge in [-0.1, -0.05) is 42.5 Å². The molecule has 0 radical (unpaired) electrons. The third-order valence-electron chi connectivity index (χ3n) is 5.20. The molecule has 1 heterocycles. The molecular weight excluding hydrogens is 510 g/mol. The van der Waals surface area contributed by atoms with Crippen LogP contribution in [0.3, 0.4) is 0 Å². The summed E-state index contributed by atoms with van der Waals surface area (Å²) in [6.45, 7) is 3.73.